The van der Waals surface area contributed by atoms with Crippen LogP contribution in [0.1, 0.15) is 26.7 Å². The molecule has 1 saturated heterocycles. The smallest absolute Gasteiger partial charge is 0.321 e. The Morgan fingerprint density at radius 3 is 2.62 bits per heavy atom. The Hall–Kier alpha value is -0.220. The van der Waals surface area contributed by atoms with Crippen LogP contribution in [0.2, 0.25) is 0 Å². The summed E-state index contributed by atoms with van der Waals surface area (Å²) in [7, 11) is 0. The van der Waals surface area contributed by atoms with Gasteiger partial charge in [-0.3, -0.25) is 10.1 Å². The SMILES string of the molecule is CCC(CC)C1N[C@H](C(=O)O)CS1. The number of hydrogen-bond acceptors (Lipinski definition) is 3. The molecule has 0 aromatic rings. The van der Waals surface area contributed by atoms with E-state index < -0.39 is 5.97 Å². The standard InChI is InChI=1S/C9H17NO2S/c1-3-6(4-2)8-10-7(5-13-8)9(11)12/h6-8,10H,3-5H2,1-2H3,(H,11,12)/t7-,8?/m0/s1. The average molecular weight is 203 g/mol. The third kappa shape index (κ3) is 2.61. The predicted octanol–water partition coefficient (Wildman–Crippen LogP) is 1.54. The molecule has 2 atom stereocenters. The third-order valence-electron chi connectivity index (χ3n) is 2.58. The first-order valence-electron chi connectivity index (χ1n) is 4.79. The van der Waals surface area contributed by atoms with Crippen LogP contribution in [0.5, 0.6) is 0 Å². The maximum absolute atomic E-state index is 10.7. The Morgan fingerprint density at radius 2 is 2.23 bits per heavy atom. The number of aliphatic carboxylic acids is 1. The molecule has 13 heavy (non-hydrogen) atoms. The molecule has 0 saturated carbocycles. The van der Waals surface area contributed by atoms with Gasteiger partial charge in [0.1, 0.15) is 6.04 Å². The van der Waals surface area contributed by atoms with E-state index in [1.165, 1.54) is 0 Å². The fourth-order valence-electron chi connectivity index (χ4n) is 1.63. The van der Waals surface area contributed by atoms with Gasteiger partial charge in [0.25, 0.3) is 0 Å². The second-order valence-corrected chi connectivity index (χ2v) is 4.56. The number of carboxylic acids is 1. The third-order valence-corrected chi connectivity index (χ3v) is 3.99. The van der Waals surface area contributed by atoms with Gasteiger partial charge in [-0.1, -0.05) is 26.7 Å². The highest BCUT2D eigenvalue weighted by Crippen LogP contribution is 2.28. The zero-order valence-electron chi connectivity index (χ0n) is 8.12. The van der Waals surface area contributed by atoms with Crippen molar-refractivity contribution < 1.29 is 9.90 Å². The van der Waals surface area contributed by atoms with Crippen LogP contribution in [0.25, 0.3) is 0 Å². The first-order chi connectivity index (χ1) is 6.19. The van der Waals surface area contributed by atoms with Crippen LogP contribution in [0.15, 0.2) is 0 Å². The van der Waals surface area contributed by atoms with E-state index in [-0.39, 0.29) is 6.04 Å². The number of rotatable bonds is 4. The molecule has 1 aliphatic rings. The second kappa shape index (κ2) is 4.86. The summed E-state index contributed by atoms with van der Waals surface area (Å²) in [5.74, 6) is 0.589. The van der Waals surface area contributed by atoms with Crippen LogP contribution in [-0.2, 0) is 4.79 Å². The normalized spacial score (nSPS) is 28.2. The van der Waals surface area contributed by atoms with Gasteiger partial charge in [-0.15, -0.1) is 11.8 Å². The van der Waals surface area contributed by atoms with Crippen molar-refractivity contribution in [2.24, 2.45) is 5.92 Å². The minimum absolute atomic E-state index is 0.337. The van der Waals surface area contributed by atoms with Crippen molar-refractivity contribution in [2.75, 3.05) is 5.75 Å². The van der Waals surface area contributed by atoms with Gasteiger partial charge in [-0.2, -0.15) is 0 Å². The molecule has 76 valence electrons. The summed E-state index contributed by atoms with van der Waals surface area (Å²) < 4.78 is 0. The molecule has 1 rings (SSSR count). The predicted molar refractivity (Wildman–Crippen MR) is 54.9 cm³/mol. The number of nitrogens with one attached hydrogen (secondary N) is 1. The van der Waals surface area contributed by atoms with Gasteiger partial charge in [0, 0.05) is 5.75 Å². The van der Waals surface area contributed by atoms with Crippen LogP contribution < -0.4 is 5.32 Å². The van der Waals surface area contributed by atoms with Crippen LogP contribution in [-0.4, -0.2) is 28.2 Å². The summed E-state index contributed by atoms with van der Waals surface area (Å²) in [5.41, 5.74) is 0. The highest BCUT2D eigenvalue weighted by Gasteiger charge is 2.32. The number of carbonyl (C=O) groups is 1. The van der Waals surface area contributed by atoms with Crippen LogP contribution >= 0.6 is 11.8 Å². The van der Waals surface area contributed by atoms with E-state index in [0.717, 1.165) is 12.8 Å². The lowest BCUT2D eigenvalue weighted by Crippen LogP contribution is -2.39. The minimum atomic E-state index is -0.721. The van der Waals surface area contributed by atoms with E-state index in [2.05, 4.69) is 19.2 Å². The Kier molecular flexibility index (Phi) is 4.06. The van der Waals surface area contributed by atoms with Crippen LogP contribution in [0.4, 0.5) is 0 Å². The van der Waals surface area contributed by atoms with E-state index in [9.17, 15) is 4.79 Å². The fourth-order valence-corrected chi connectivity index (χ4v) is 3.18. The molecule has 4 heteroatoms. The highest BCUT2D eigenvalue weighted by atomic mass is 32.2. The molecule has 0 radical (unpaired) electrons. The van der Waals surface area contributed by atoms with Crippen molar-refractivity contribution in [3.8, 4) is 0 Å². The van der Waals surface area contributed by atoms with Crippen LogP contribution in [0.3, 0.4) is 0 Å². The van der Waals surface area contributed by atoms with Crippen LogP contribution in [0, 0.1) is 5.92 Å². The van der Waals surface area contributed by atoms with Crippen molar-refractivity contribution in [3.63, 3.8) is 0 Å². The van der Waals surface area contributed by atoms with Crippen molar-refractivity contribution >= 4 is 17.7 Å². The van der Waals surface area contributed by atoms with Gasteiger partial charge in [0.05, 0.1) is 5.37 Å². The van der Waals surface area contributed by atoms with E-state index in [1.54, 1.807) is 11.8 Å². The van der Waals surface area contributed by atoms with Gasteiger partial charge in [-0.25, -0.2) is 0 Å². The number of hydrogen-bond donors (Lipinski definition) is 2. The molecule has 0 aromatic carbocycles. The maximum atomic E-state index is 10.7. The van der Waals surface area contributed by atoms with E-state index in [0.29, 0.717) is 17.0 Å². The largest absolute Gasteiger partial charge is 0.480 e. The summed E-state index contributed by atoms with van der Waals surface area (Å²) >= 11 is 1.74. The zero-order chi connectivity index (χ0) is 9.84. The highest BCUT2D eigenvalue weighted by molar-refractivity contribution is 8.00. The lowest BCUT2D eigenvalue weighted by atomic mass is 10.0. The maximum Gasteiger partial charge on any atom is 0.321 e. The molecule has 1 fully saturated rings. The van der Waals surface area contributed by atoms with E-state index in [4.69, 9.17) is 5.11 Å². The molecule has 0 bridgehead atoms. The molecule has 2 N–H and O–H groups in total. The van der Waals surface area contributed by atoms with Gasteiger partial charge in [-0.05, 0) is 5.92 Å². The lowest BCUT2D eigenvalue weighted by Gasteiger charge is -2.20. The topological polar surface area (TPSA) is 49.3 Å². The molecular formula is C9H17NO2S. The molecule has 0 aromatic heterocycles. The molecule has 3 nitrogen and oxygen atoms in total. The molecule has 0 spiro atoms. The van der Waals surface area contributed by atoms with E-state index in [1.807, 2.05) is 0 Å². The second-order valence-electron chi connectivity index (χ2n) is 3.39. The molecule has 1 unspecified atom stereocenters. The zero-order valence-corrected chi connectivity index (χ0v) is 8.93. The summed E-state index contributed by atoms with van der Waals surface area (Å²) in [6.07, 6.45) is 2.24. The fraction of sp³-hybridized carbons (Fsp3) is 0.889. The lowest BCUT2D eigenvalue weighted by molar-refractivity contribution is -0.138. The van der Waals surface area contributed by atoms with Crippen molar-refractivity contribution in [3.05, 3.63) is 0 Å². The summed E-state index contributed by atoms with van der Waals surface area (Å²) in [6.45, 7) is 4.31. The Balaban J connectivity index is 2.43. The molecule has 1 aliphatic heterocycles. The molecule has 0 aliphatic carbocycles. The van der Waals surface area contributed by atoms with Crippen molar-refractivity contribution in [1.29, 1.82) is 0 Å². The minimum Gasteiger partial charge on any atom is -0.480 e. The Bertz CT molecular complexity index is 182. The molecule has 1 heterocycles. The Labute approximate surface area is 83.3 Å². The number of thioether (sulfide) groups is 1. The quantitative estimate of drug-likeness (QED) is 0.727. The summed E-state index contributed by atoms with van der Waals surface area (Å²) in [4.78, 5) is 10.7. The summed E-state index contributed by atoms with van der Waals surface area (Å²) in [5, 5.41) is 12.3. The molecule has 0 amide bonds. The Morgan fingerprint density at radius 1 is 1.62 bits per heavy atom. The number of carboxylic acid groups (broad SMARTS) is 1. The van der Waals surface area contributed by atoms with Gasteiger partial charge >= 0.3 is 5.97 Å². The van der Waals surface area contributed by atoms with E-state index >= 15 is 0 Å². The first kappa shape index (κ1) is 10.9. The average Bonchev–Trinajstić information content (AvgIpc) is 2.56. The van der Waals surface area contributed by atoms with Gasteiger partial charge in [0.2, 0.25) is 0 Å². The van der Waals surface area contributed by atoms with Crippen molar-refractivity contribution in [1.82, 2.24) is 5.32 Å². The monoisotopic (exact) mass is 203 g/mol. The van der Waals surface area contributed by atoms with Crippen molar-refractivity contribution in [2.45, 2.75) is 38.1 Å². The molecular weight excluding hydrogens is 186 g/mol. The van der Waals surface area contributed by atoms with Gasteiger partial charge in [0.15, 0.2) is 0 Å². The first-order valence-corrected chi connectivity index (χ1v) is 5.84. The van der Waals surface area contributed by atoms with Gasteiger partial charge < -0.3 is 5.11 Å². The summed E-state index contributed by atoms with van der Waals surface area (Å²) in [6, 6.07) is -0.337.